The van der Waals surface area contributed by atoms with E-state index in [-0.39, 0.29) is 36.9 Å². The van der Waals surface area contributed by atoms with Crippen LogP contribution in [0.5, 0.6) is 0 Å². The van der Waals surface area contributed by atoms with Crippen LogP contribution >= 0.6 is 0 Å². The molecule has 0 radical (unpaired) electrons. The van der Waals surface area contributed by atoms with E-state index in [0.717, 1.165) is 6.42 Å². The topological polar surface area (TPSA) is 136 Å². The molecular formula is C15H22N4O5S. The third-order valence-corrected chi connectivity index (χ3v) is 6.13. The molecule has 0 aromatic heterocycles. The first kappa shape index (κ1) is 19.3. The van der Waals surface area contributed by atoms with Crippen molar-refractivity contribution in [3.05, 3.63) is 34.4 Å². The highest BCUT2D eigenvalue weighted by Crippen LogP contribution is 2.30. The van der Waals surface area contributed by atoms with Crippen molar-refractivity contribution in [2.45, 2.75) is 36.6 Å². The predicted molar refractivity (Wildman–Crippen MR) is 91.3 cm³/mol. The molecule has 0 bridgehead atoms. The monoisotopic (exact) mass is 370 g/mol. The number of carbonyl (C=O) groups excluding carboxylic acids is 1. The number of rotatable bonds is 7. The zero-order valence-corrected chi connectivity index (χ0v) is 14.6. The van der Waals surface area contributed by atoms with Crippen LogP contribution < -0.4 is 11.1 Å². The van der Waals surface area contributed by atoms with Gasteiger partial charge in [-0.2, -0.15) is 4.31 Å². The minimum absolute atomic E-state index is 0.165. The van der Waals surface area contributed by atoms with E-state index in [1.807, 2.05) is 0 Å². The van der Waals surface area contributed by atoms with Gasteiger partial charge in [-0.15, -0.1) is 0 Å². The Morgan fingerprint density at radius 2 is 2.08 bits per heavy atom. The number of hydrogen-bond donors (Lipinski definition) is 2. The van der Waals surface area contributed by atoms with Gasteiger partial charge in [0, 0.05) is 38.2 Å². The molecular weight excluding hydrogens is 348 g/mol. The molecule has 1 aromatic carbocycles. The molecule has 10 heteroatoms. The number of sulfonamides is 1. The molecule has 9 nitrogen and oxygen atoms in total. The van der Waals surface area contributed by atoms with Crippen molar-refractivity contribution in [2.75, 3.05) is 19.6 Å². The van der Waals surface area contributed by atoms with Crippen molar-refractivity contribution >= 4 is 21.6 Å². The fourth-order valence-corrected chi connectivity index (χ4v) is 4.75. The second-order valence-corrected chi connectivity index (χ2v) is 7.69. The molecule has 0 spiro atoms. The van der Waals surface area contributed by atoms with Crippen molar-refractivity contribution in [2.24, 2.45) is 5.73 Å². The summed E-state index contributed by atoms with van der Waals surface area (Å²) >= 11 is 0. The normalized spacial score (nSPS) is 18.7. The van der Waals surface area contributed by atoms with Gasteiger partial charge >= 0.3 is 0 Å². The Morgan fingerprint density at radius 1 is 1.36 bits per heavy atom. The average Bonchev–Trinajstić information content (AvgIpc) is 2.60. The first-order valence-corrected chi connectivity index (χ1v) is 9.54. The number of nitro groups is 1. The van der Waals surface area contributed by atoms with Crippen LogP contribution in [0.4, 0.5) is 5.69 Å². The Kier molecular flexibility index (Phi) is 6.45. The van der Waals surface area contributed by atoms with Crippen LogP contribution in [0.25, 0.3) is 0 Å². The molecule has 1 unspecified atom stereocenters. The number of piperidine rings is 1. The Morgan fingerprint density at radius 3 is 2.76 bits per heavy atom. The maximum Gasteiger partial charge on any atom is 0.289 e. The molecule has 1 aliphatic heterocycles. The Hall–Kier alpha value is -2.04. The van der Waals surface area contributed by atoms with Crippen molar-refractivity contribution in [3.8, 4) is 0 Å². The van der Waals surface area contributed by atoms with Crippen LogP contribution in [0.1, 0.15) is 25.7 Å². The zero-order chi connectivity index (χ0) is 18.4. The van der Waals surface area contributed by atoms with Crippen LogP contribution in [-0.2, 0) is 14.8 Å². The van der Waals surface area contributed by atoms with Gasteiger partial charge in [0.25, 0.3) is 5.69 Å². The molecule has 1 atom stereocenters. The number of amides is 1. The number of nitro benzene ring substituents is 1. The second kappa shape index (κ2) is 8.37. The highest BCUT2D eigenvalue weighted by Gasteiger charge is 2.37. The SMILES string of the molecule is NCCC(=O)NCC1CCCCN1S(=O)(=O)c1ccccc1[N+](=O)[O-]. The van der Waals surface area contributed by atoms with E-state index in [9.17, 15) is 23.3 Å². The van der Waals surface area contributed by atoms with Gasteiger partial charge < -0.3 is 11.1 Å². The average molecular weight is 370 g/mol. The van der Waals surface area contributed by atoms with Gasteiger partial charge in [0.1, 0.15) is 0 Å². The van der Waals surface area contributed by atoms with Crippen LogP contribution in [-0.4, -0.2) is 49.2 Å². The maximum absolute atomic E-state index is 13.0. The molecule has 138 valence electrons. The Balaban J connectivity index is 2.26. The third-order valence-electron chi connectivity index (χ3n) is 4.13. The number of para-hydroxylation sites is 1. The summed E-state index contributed by atoms with van der Waals surface area (Å²) in [7, 11) is -4.03. The first-order valence-electron chi connectivity index (χ1n) is 8.10. The van der Waals surface area contributed by atoms with Crippen LogP contribution in [0.15, 0.2) is 29.2 Å². The van der Waals surface area contributed by atoms with Gasteiger partial charge in [-0.1, -0.05) is 18.6 Å². The number of nitrogens with zero attached hydrogens (tertiary/aromatic N) is 2. The first-order chi connectivity index (χ1) is 11.9. The van der Waals surface area contributed by atoms with E-state index in [0.29, 0.717) is 12.8 Å². The lowest BCUT2D eigenvalue weighted by molar-refractivity contribution is -0.387. The summed E-state index contributed by atoms with van der Waals surface area (Å²) in [5, 5.41) is 13.9. The van der Waals surface area contributed by atoms with Gasteiger partial charge in [-0.05, 0) is 18.9 Å². The van der Waals surface area contributed by atoms with Gasteiger partial charge in [0.2, 0.25) is 15.9 Å². The fourth-order valence-electron chi connectivity index (χ4n) is 2.90. The smallest absolute Gasteiger partial charge is 0.289 e. The van der Waals surface area contributed by atoms with E-state index in [2.05, 4.69) is 5.32 Å². The Labute approximate surface area is 146 Å². The van der Waals surface area contributed by atoms with Gasteiger partial charge in [0.05, 0.1) is 4.92 Å². The van der Waals surface area contributed by atoms with E-state index in [1.54, 1.807) is 0 Å². The molecule has 1 aromatic rings. The molecule has 1 fully saturated rings. The van der Waals surface area contributed by atoms with E-state index in [1.165, 1.54) is 28.6 Å². The molecule has 1 aliphatic rings. The van der Waals surface area contributed by atoms with Gasteiger partial charge in [-0.25, -0.2) is 8.42 Å². The summed E-state index contributed by atoms with van der Waals surface area (Å²) in [6.07, 6.45) is 2.26. The van der Waals surface area contributed by atoms with Crippen molar-refractivity contribution < 1.29 is 18.1 Å². The molecule has 0 saturated carbocycles. The van der Waals surface area contributed by atoms with E-state index < -0.39 is 26.7 Å². The quantitative estimate of drug-likeness (QED) is 0.533. The summed E-state index contributed by atoms with van der Waals surface area (Å²) < 4.78 is 27.2. The number of hydrogen-bond acceptors (Lipinski definition) is 6. The second-order valence-electron chi connectivity index (χ2n) is 5.83. The molecule has 1 amide bonds. The fraction of sp³-hybridized carbons (Fsp3) is 0.533. The van der Waals surface area contributed by atoms with Gasteiger partial charge in [0.15, 0.2) is 4.90 Å². The maximum atomic E-state index is 13.0. The zero-order valence-electron chi connectivity index (χ0n) is 13.8. The minimum atomic E-state index is -4.03. The predicted octanol–water partition coefficient (Wildman–Crippen LogP) is 0.603. The van der Waals surface area contributed by atoms with Crippen LogP contribution in [0.3, 0.4) is 0 Å². The largest absolute Gasteiger partial charge is 0.354 e. The van der Waals surface area contributed by atoms with E-state index in [4.69, 9.17) is 5.73 Å². The highest BCUT2D eigenvalue weighted by atomic mass is 32.2. The summed E-state index contributed by atoms with van der Waals surface area (Å²) in [4.78, 5) is 21.8. The Bertz CT molecular complexity index is 737. The number of nitrogens with one attached hydrogen (secondary N) is 1. The third kappa shape index (κ3) is 4.53. The lowest BCUT2D eigenvalue weighted by Gasteiger charge is -2.34. The standard InChI is InChI=1S/C15H22N4O5S/c16-9-8-15(20)17-11-12-5-3-4-10-18(12)25(23,24)14-7-2-1-6-13(14)19(21)22/h1-2,6-7,12H,3-5,8-11,16H2,(H,17,20). The molecule has 0 aliphatic carbocycles. The molecule has 2 rings (SSSR count). The van der Waals surface area contributed by atoms with Crippen molar-refractivity contribution in [3.63, 3.8) is 0 Å². The summed E-state index contributed by atoms with van der Waals surface area (Å²) in [6, 6.07) is 4.88. The molecule has 1 saturated heterocycles. The number of carbonyl (C=O) groups is 1. The number of nitrogens with two attached hydrogens (primary N) is 1. The van der Waals surface area contributed by atoms with Gasteiger partial charge in [-0.3, -0.25) is 14.9 Å². The lowest BCUT2D eigenvalue weighted by Crippen LogP contribution is -2.49. The van der Waals surface area contributed by atoms with Crippen LogP contribution in [0, 0.1) is 10.1 Å². The van der Waals surface area contributed by atoms with Crippen LogP contribution in [0.2, 0.25) is 0 Å². The van der Waals surface area contributed by atoms with E-state index >= 15 is 0 Å². The molecule has 3 N–H and O–H groups in total. The molecule has 1 heterocycles. The molecule has 25 heavy (non-hydrogen) atoms. The minimum Gasteiger partial charge on any atom is -0.354 e. The number of benzene rings is 1. The van der Waals surface area contributed by atoms with Crippen molar-refractivity contribution in [1.29, 1.82) is 0 Å². The summed E-state index contributed by atoms with van der Waals surface area (Å²) in [5.41, 5.74) is 4.88. The highest BCUT2D eigenvalue weighted by molar-refractivity contribution is 7.89. The van der Waals surface area contributed by atoms with Crippen molar-refractivity contribution in [1.82, 2.24) is 9.62 Å². The lowest BCUT2D eigenvalue weighted by atomic mass is 10.1. The summed E-state index contributed by atoms with van der Waals surface area (Å²) in [6.45, 7) is 0.652. The summed E-state index contributed by atoms with van der Waals surface area (Å²) in [5.74, 6) is -0.240.